The molecule has 0 saturated heterocycles. The highest BCUT2D eigenvalue weighted by atomic mass is 35.5. The van der Waals surface area contributed by atoms with Gasteiger partial charge in [-0.2, -0.15) is 0 Å². The second-order valence-corrected chi connectivity index (χ2v) is 4.59. The van der Waals surface area contributed by atoms with E-state index in [9.17, 15) is 0 Å². The van der Waals surface area contributed by atoms with Crippen LogP contribution < -0.4 is 9.64 Å². The molecule has 3 rings (SSSR count). The van der Waals surface area contributed by atoms with Gasteiger partial charge in [-0.05, 0) is 18.6 Å². The molecule has 0 atom stereocenters. The minimum Gasteiger partial charge on any atom is -0.491 e. The van der Waals surface area contributed by atoms with E-state index in [4.69, 9.17) is 16.3 Å². The summed E-state index contributed by atoms with van der Waals surface area (Å²) in [6, 6.07) is 7.99. The number of hydrogen-bond acceptors (Lipinski definition) is 4. The fraction of sp³-hybridized carbons (Fsp3) is 0.286. The fourth-order valence-corrected chi connectivity index (χ4v) is 2.28. The van der Waals surface area contributed by atoms with Gasteiger partial charge in [0.25, 0.3) is 0 Å². The Morgan fingerprint density at radius 1 is 1.26 bits per heavy atom. The van der Waals surface area contributed by atoms with Crippen LogP contribution in [0.1, 0.15) is 12.1 Å². The van der Waals surface area contributed by atoms with Crippen molar-refractivity contribution in [3.63, 3.8) is 0 Å². The Kier molecular flexibility index (Phi) is 3.51. The molecule has 4 nitrogen and oxygen atoms in total. The molecular weight excluding hydrogens is 262 g/mol. The molecule has 1 aliphatic rings. The van der Waals surface area contributed by atoms with Gasteiger partial charge in [-0.3, -0.25) is 4.98 Å². The van der Waals surface area contributed by atoms with E-state index < -0.39 is 0 Å². The molecule has 19 heavy (non-hydrogen) atoms. The second-order valence-electron chi connectivity index (χ2n) is 4.32. The summed E-state index contributed by atoms with van der Waals surface area (Å²) >= 11 is 5.82. The van der Waals surface area contributed by atoms with E-state index in [-0.39, 0.29) is 0 Å². The van der Waals surface area contributed by atoms with Crippen molar-refractivity contribution < 1.29 is 4.74 Å². The Bertz CT molecular complexity index is 576. The van der Waals surface area contributed by atoms with Gasteiger partial charge in [-0.25, -0.2) is 4.98 Å². The number of nitrogens with zero attached hydrogens (tertiary/aromatic N) is 3. The molecule has 0 saturated carbocycles. The van der Waals surface area contributed by atoms with Crippen LogP contribution in [0.3, 0.4) is 0 Å². The molecule has 1 aliphatic heterocycles. The number of rotatable bonds is 2. The van der Waals surface area contributed by atoms with Crippen molar-refractivity contribution in [1.82, 2.24) is 9.97 Å². The molecule has 2 heterocycles. The molecule has 2 aromatic rings. The number of ether oxygens (including phenoxy) is 1. The van der Waals surface area contributed by atoms with E-state index in [1.807, 2.05) is 24.3 Å². The molecule has 0 N–H and O–H groups in total. The molecule has 0 amide bonds. The second kappa shape index (κ2) is 5.45. The van der Waals surface area contributed by atoms with Gasteiger partial charge in [0, 0.05) is 12.7 Å². The topological polar surface area (TPSA) is 38.2 Å². The van der Waals surface area contributed by atoms with Crippen molar-refractivity contribution in [3.05, 3.63) is 42.4 Å². The zero-order chi connectivity index (χ0) is 13.1. The Hall–Kier alpha value is -1.81. The van der Waals surface area contributed by atoms with Crippen LogP contribution in [0.25, 0.3) is 0 Å². The van der Waals surface area contributed by atoms with Crippen molar-refractivity contribution in [2.75, 3.05) is 18.1 Å². The quantitative estimate of drug-likeness (QED) is 0.789. The highest BCUT2D eigenvalue weighted by molar-refractivity contribution is 6.16. The molecule has 0 bridgehead atoms. The molecule has 5 heteroatoms. The molecule has 0 spiro atoms. The maximum absolute atomic E-state index is 5.82. The lowest BCUT2D eigenvalue weighted by Crippen LogP contribution is -2.19. The summed E-state index contributed by atoms with van der Waals surface area (Å²) in [5, 5.41) is 0. The van der Waals surface area contributed by atoms with Crippen LogP contribution in [0.4, 0.5) is 11.5 Å². The normalized spacial score (nSPS) is 14.5. The minimum absolute atomic E-state index is 0.368. The summed E-state index contributed by atoms with van der Waals surface area (Å²) in [4.78, 5) is 10.9. The van der Waals surface area contributed by atoms with Crippen LogP contribution in [0, 0.1) is 0 Å². The highest BCUT2D eigenvalue weighted by Crippen LogP contribution is 2.34. The monoisotopic (exact) mass is 275 g/mol. The maximum atomic E-state index is 5.82. The first-order valence-electron chi connectivity index (χ1n) is 6.25. The van der Waals surface area contributed by atoms with Crippen molar-refractivity contribution >= 4 is 23.1 Å². The van der Waals surface area contributed by atoms with Crippen molar-refractivity contribution in [2.24, 2.45) is 0 Å². The van der Waals surface area contributed by atoms with Gasteiger partial charge >= 0.3 is 0 Å². The molecule has 98 valence electrons. The smallest absolute Gasteiger partial charge is 0.151 e. The number of benzene rings is 1. The standard InChI is InChI=1S/C14H14ClN3O/c15-8-11-9-16-10-14(17-11)18-6-3-7-19-13-5-2-1-4-12(13)18/h1-2,4-5,9-10H,3,6-8H2. The van der Waals surface area contributed by atoms with Gasteiger partial charge in [0.05, 0.1) is 30.1 Å². The molecular formula is C14H14ClN3O. The molecule has 0 radical (unpaired) electrons. The first kappa shape index (κ1) is 12.2. The molecule has 1 aromatic heterocycles. The van der Waals surface area contributed by atoms with Crippen LogP contribution in [0.5, 0.6) is 5.75 Å². The number of anilines is 2. The first-order chi connectivity index (χ1) is 9.38. The minimum atomic E-state index is 0.368. The third kappa shape index (κ3) is 2.49. The summed E-state index contributed by atoms with van der Waals surface area (Å²) in [5.41, 5.74) is 1.81. The van der Waals surface area contributed by atoms with Crippen LogP contribution in [0.15, 0.2) is 36.7 Å². The summed E-state index contributed by atoms with van der Waals surface area (Å²) in [5.74, 6) is 2.07. The lowest BCUT2D eigenvalue weighted by molar-refractivity contribution is 0.322. The summed E-state index contributed by atoms with van der Waals surface area (Å²) in [6.07, 6.45) is 4.40. The number of halogens is 1. The summed E-state index contributed by atoms with van der Waals surface area (Å²) < 4.78 is 5.74. The van der Waals surface area contributed by atoms with E-state index in [1.165, 1.54) is 0 Å². The fourth-order valence-electron chi connectivity index (χ4n) is 2.15. The number of para-hydroxylation sites is 2. The Labute approximate surface area is 117 Å². The number of hydrogen-bond donors (Lipinski definition) is 0. The predicted octanol–water partition coefficient (Wildman–Crippen LogP) is 3.14. The lowest BCUT2D eigenvalue weighted by Gasteiger charge is -2.22. The van der Waals surface area contributed by atoms with Crippen LogP contribution in [-0.2, 0) is 5.88 Å². The van der Waals surface area contributed by atoms with Gasteiger partial charge in [-0.1, -0.05) is 12.1 Å². The number of alkyl halides is 1. The van der Waals surface area contributed by atoms with Gasteiger partial charge in [0.1, 0.15) is 5.75 Å². The van der Waals surface area contributed by atoms with Crippen LogP contribution in [-0.4, -0.2) is 23.1 Å². The average molecular weight is 276 g/mol. The lowest BCUT2D eigenvalue weighted by atomic mass is 10.2. The summed E-state index contributed by atoms with van der Waals surface area (Å²) in [6.45, 7) is 1.58. The number of fused-ring (bicyclic) bond motifs is 1. The largest absolute Gasteiger partial charge is 0.491 e. The van der Waals surface area contributed by atoms with E-state index in [1.54, 1.807) is 12.4 Å². The molecule has 0 aliphatic carbocycles. The maximum Gasteiger partial charge on any atom is 0.151 e. The predicted molar refractivity (Wildman–Crippen MR) is 75.1 cm³/mol. The summed E-state index contributed by atoms with van der Waals surface area (Å²) in [7, 11) is 0. The van der Waals surface area contributed by atoms with Gasteiger partial charge in [0.15, 0.2) is 5.82 Å². The van der Waals surface area contributed by atoms with Crippen LogP contribution in [0.2, 0.25) is 0 Å². The third-order valence-corrected chi connectivity index (χ3v) is 3.30. The van der Waals surface area contributed by atoms with Gasteiger partial charge in [0.2, 0.25) is 0 Å². The zero-order valence-electron chi connectivity index (χ0n) is 10.4. The number of aromatic nitrogens is 2. The first-order valence-corrected chi connectivity index (χ1v) is 6.78. The highest BCUT2D eigenvalue weighted by Gasteiger charge is 2.18. The zero-order valence-corrected chi connectivity index (χ0v) is 11.2. The SMILES string of the molecule is ClCc1cncc(N2CCCOc3ccccc32)n1. The third-order valence-electron chi connectivity index (χ3n) is 3.02. The Morgan fingerprint density at radius 2 is 2.16 bits per heavy atom. The Balaban J connectivity index is 2.03. The average Bonchev–Trinajstić information content (AvgIpc) is 2.69. The van der Waals surface area contributed by atoms with Crippen molar-refractivity contribution in [3.8, 4) is 5.75 Å². The van der Waals surface area contributed by atoms with E-state index in [0.29, 0.717) is 5.88 Å². The van der Waals surface area contributed by atoms with Gasteiger partial charge < -0.3 is 9.64 Å². The molecule has 0 unspecified atom stereocenters. The molecule has 0 fully saturated rings. The molecule has 1 aromatic carbocycles. The van der Waals surface area contributed by atoms with Crippen LogP contribution >= 0.6 is 11.6 Å². The van der Waals surface area contributed by atoms with E-state index in [2.05, 4.69) is 14.9 Å². The van der Waals surface area contributed by atoms with Gasteiger partial charge in [-0.15, -0.1) is 11.6 Å². The van der Waals surface area contributed by atoms with Crippen molar-refractivity contribution in [2.45, 2.75) is 12.3 Å². The van der Waals surface area contributed by atoms with E-state index in [0.717, 1.165) is 42.5 Å². The van der Waals surface area contributed by atoms with E-state index >= 15 is 0 Å². The Morgan fingerprint density at radius 3 is 3.05 bits per heavy atom. The van der Waals surface area contributed by atoms with Crippen molar-refractivity contribution in [1.29, 1.82) is 0 Å².